The Morgan fingerprint density at radius 1 is 1.33 bits per heavy atom. The summed E-state index contributed by atoms with van der Waals surface area (Å²) in [5.41, 5.74) is 3.95. The normalized spacial score (nSPS) is 17.7. The number of nitrogens with zero attached hydrogens (tertiary/aromatic N) is 5. The minimum absolute atomic E-state index is 0.00803. The summed E-state index contributed by atoms with van der Waals surface area (Å²) in [5.74, 6) is 0.407. The van der Waals surface area contributed by atoms with Crippen LogP contribution in [0.15, 0.2) is 43.1 Å². The van der Waals surface area contributed by atoms with Gasteiger partial charge in [0.1, 0.15) is 12.4 Å². The number of nitriles is 1. The third kappa shape index (κ3) is 3.05. The molecule has 0 saturated carbocycles. The lowest BCUT2D eigenvalue weighted by atomic mass is 9.83. The van der Waals surface area contributed by atoms with Gasteiger partial charge in [0.05, 0.1) is 41.6 Å². The number of hydrogen-bond acceptors (Lipinski definition) is 8. The molecule has 3 aromatic rings. The smallest absolute Gasteiger partial charge is 0.227 e. The first kappa shape index (κ1) is 16.9. The largest absolute Gasteiger partial charge is 0.395 e. The van der Waals surface area contributed by atoms with Crippen LogP contribution in [-0.2, 0) is 5.41 Å². The van der Waals surface area contributed by atoms with Gasteiger partial charge in [0.15, 0.2) is 0 Å². The van der Waals surface area contributed by atoms with Crippen molar-refractivity contribution in [1.29, 1.82) is 5.26 Å². The highest BCUT2D eigenvalue weighted by Crippen LogP contribution is 2.41. The zero-order valence-electron chi connectivity index (χ0n) is 14.6. The first-order valence-corrected chi connectivity index (χ1v) is 8.42. The van der Waals surface area contributed by atoms with Gasteiger partial charge < -0.3 is 15.7 Å². The van der Waals surface area contributed by atoms with Crippen molar-refractivity contribution in [3.63, 3.8) is 0 Å². The molecule has 0 spiro atoms. The molecular formula is C19H17N7O. The molecule has 1 aliphatic heterocycles. The summed E-state index contributed by atoms with van der Waals surface area (Å²) in [6.07, 6.45) is 6.36. The first-order valence-electron chi connectivity index (χ1n) is 8.42. The fourth-order valence-electron chi connectivity index (χ4n) is 3.14. The minimum Gasteiger partial charge on any atom is -0.395 e. The van der Waals surface area contributed by atoms with Crippen LogP contribution in [0, 0.1) is 11.3 Å². The maximum Gasteiger partial charge on any atom is 0.227 e. The summed E-state index contributed by atoms with van der Waals surface area (Å²) >= 11 is 0. The van der Waals surface area contributed by atoms with Crippen molar-refractivity contribution in [2.75, 3.05) is 23.8 Å². The van der Waals surface area contributed by atoms with Crippen LogP contribution in [0.25, 0.3) is 11.3 Å². The van der Waals surface area contributed by atoms with E-state index in [0.717, 1.165) is 16.8 Å². The summed E-state index contributed by atoms with van der Waals surface area (Å²) < 4.78 is 0. The van der Waals surface area contributed by atoms with E-state index in [1.807, 2.05) is 13.0 Å². The molecule has 1 unspecified atom stereocenters. The number of fused-ring (bicyclic) bond motifs is 1. The van der Waals surface area contributed by atoms with Crippen LogP contribution in [0.2, 0.25) is 0 Å². The number of anilines is 3. The monoisotopic (exact) mass is 359 g/mol. The van der Waals surface area contributed by atoms with Crippen molar-refractivity contribution in [2.24, 2.45) is 0 Å². The molecule has 3 N–H and O–H groups in total. The maximum atomic E-state index is 9.83. The van der Waals surface area contributed by atoms with Crippen LogP contribution in [0.1, 0.15) is 18.1 Å². The molecule has 2 aromatic heterocycles. The van der Waals surface area contributed by atoms with Crippen molar-refractivity contribution in [3.05, 3.63) is 54.2 Å². The average molecular weight is 359 g/mol. The number of hydrogen-bond donors (Lipinski definition) is 3. The molecule has 0 radical (unpaired) electrons. The van der Waals surface area contributed by atoms with E-state index >= 15 is 0 Å². The zero-order chi connectivity index (χ0) is 18.9. The molecule has 0 saturated heterocycles. The van der Waals surface area contributed by atoms with E-state index in [1.54, 1.807) is 30.7 Å². The Hall–Kier alpha value is -3.57. The Labute approximate surface area is 156 Å². The zero-order valence-corrected chi connectivity index (χ0v) is 14.6. The maximum absolute atomic E-state index is 9.83. The molecule has 0 aliphatic carbocycles. The number of aliphatic hydroxyl groups excluding tert-OH is 1. The van der Waals surface area contributed by atoms with Crippen LogP contribution in [0.3, 0.4) is 0 Å². The Morgan fingerprint density at radius 3 is 2.89 bits per heavy atom. The lowest BCUT2D eigenvalue weighted by Crippen LogP contribution is -2.28. The molecule has 1 aromatic carbocycles. The number of aliphatic hydroxyl groups is 1. The standard InChI is InChI=1S/C19H17N7O/c1-19(10-27)9-24-17-13(6-20)4-12(5-15(17)19)16-2-3-23-18(26-16)25-14-7-21-11-22-8-14/h2-5,7-8,11,24,27H,9-10H2,1H3,(H,23,25,26). The van der Waals surface area contributed by atoms with Gasteiger partial charge in [-0.25, -0.2) is 19.9 Å². The Kier molecular flexibility index (Phi) is 4.14. The molecule has 8 heteroatoms. The number of rotatable bonds is 4. The van der Waals surface area contributed by atoms with Crippen LogP contribution in [-0.4, -0.2) is 38.2 Å². The van der Waals surface area contributed by atoms with E-state index in [9.17, 15) is 10.4 Å². The van der Waals surface area contributed by atoms with E-state index in [0.29, 0.717) is 29.4 Å². The van der Waals surface area contributed by atoms with Crippen molar-refractivity contribution >= 4 is 17.3 Å². The quantitative estimate of drug-likeness (QED) is 0.649. The molecular weight excluding hydrogens is 342 g/mol. The molecule has 8 nitrogen and oxygen atoms in total. The third-order valence-electron chi connectivity index (χ3n) is 4.68. The van der Waals surface area contributed by atoms with Crippen molar-refractivity contribution in [2.45, 2.75) is 12.3 Å². The Bertz CT molecular complexity index is 1030. The molecule has 1 aliphatic rings. The topological polar surface area (TPSA) is 120 Å². The minimum atomic E-state index is -0.438. The molecule has 1 atom stereocenters. The Morgan fingerprint density at radius 2 is 2.15 bits per heavy atom. The summed E-state index contributed by atoms with van der Waals surface area (Å²) in [6.45, 7) is 2.55. The second kappa shape index (κ2) is 6.63. The number of aromatic nitrogens is 4. The lowest BCUT2D eigenvalue weighted by Gasteiger charge is -2.21. The van der Waals surface area contributed by atoms with Crippen molar-refractivity contribution in [1.82, 2.24) is 19.9 Å². The second-order valence-corrected chi connectivity index (χ2v) is 6.65. The van der Waals surface area contributed by atoms with E-state index in [2.05, 4.69) is 36.6 Å². The fourth-order valence-corrected chi connectivity index (χ4v) is 3.14. The molecule has 27 heavy (non-hydrogen) atoms. The highest BCUT2D eigenvalue weighted by Gasteiger charge is 2.35. The van der Waals surface area contributed by atoms with Gasteiger partial charge in [0.2, 0.25) is 5.95 Å². The highest BCUT2D eigenvalue weighted by atomic mass is 16.3. The van der Waals surface area contributed by atoms with Gasteiger partial charge in [-0.2, -0.15) is 5.26 Å². The van der Waals surface area contributed by atoms with Crippen LogP contribution >= 0.6 is 0 Å². The highest BCUT2D eigenvalue weighted by molar-refractivity contribution is 5.76. The van der Waals surface area contributed by atoms with E-state index in [4.69, 9.17) is 0 Å². The number of benzene rings is 1. The lowest BCUT2D eigenvalue weighted by molar-refractivity contribution is 0.219. The summed E-state index contributed by atoms with van der Waals surface area (Å²) in [6, 6.07) is 7.79. The van der Waals surface area contributed by atoms with Gasteiger partial charge >= 0.3 is 0 Å². The SMILES string of the molecule is CC1(CO)CNc2c(C#N)cc(-c3ccnc(Nc4cncnc4)n3)cc21. The predicted molar refractivity (Wildman–Crippen MR) is 100 cm³/mol. The van der Waals surface area contributed by atoms with Crippen LogP contribution in [0.4, 0.5) is 17.3 Å². The van der Waals surface area contributed by atoms with Gasteiger partial charge in [0.25, 0.3) is 0 Å². The first-order chi connectivity index (χ1) is 13.1. The molecule has 0 fully saturated rings. The fraction of sp³-hybridized carbons (Fsp3) is 0.211. The third-order valence-corrected chi connectivity index (χ3v) is 4.68. The van der Waals surface area contributed by atoms with Gasteiger partial charge in [0, 0.05) is 23.7 Å². The molecule has 134 valence electrons. The van der Waals surface area contributed by atoms with Gasteiger partial charge in [-0.1, -0.05) is 6.92 Å². The van der Waals surface area contributed by atoms with Gasteiger partial charge in [-0.3, -0.25) is 0 Å². The molecule has 0 amide bonds. The van der Waals surface area contributed by atoms with Gasteiger partial charge in [-0.05, 0) is 23.8 Å². The van der Waals surface area contributed by atoms with Crippen molar-refractivity contribution in [3.8, 4) is 17.3 Å². The van der Waals surface area contributed by atoms with Gasteiger partial charge in [-0.15, -0.1) is 0 Å². The van der Waals surface area contributed by atoms with Crippen molar-refractivity contribution < 1.29 is 5.11 Å². The summed E-state index contributed by atoms with van der Waals surface area (Å²) in [7, 11) is 0. The van der Waals surface area contributed by atoms with E-state index < -0.39 is 5.41 Å². The van der Waals surface area contributed by atoms with E-state index in [-0.39, 0.29) is 6.61 Å². The Balaban J connectivity index is 1.75. The van der Waals surface area contributed by atoms with E-state index in [1.165, 1.54) is 6.33 Å². The predicted octanol–water partition coefficient (Wildman–Crippen LogP) is 2.22. The molecule has 0 bridgehead atoms. The molecule has 3 heterocycles. The average Bonchev–Trinajstić information content (AvgIpc) is 3.06. The number of nitrogens with one attached hydrogen (secondary N) is 2. The van der Waals surface area contributed by atoms with Crippen LogP contribution in [0.5, 0.6) is 0 Å². The van der Waals surface area contributed by atoms with Crippen LogP contribution < -0.4 is 10.6 Å². The second-order valence-electron chi connectivity index (χ2n) is 6.65. The summed E-state index contributed by atoms with van der Waals surface area (Å²) in [5, 5.41) is 25.7. The molecule has 4 rings (SSSR count). The summed E-state index contributed by atoms with van der Waals surface area (Å²) in [4.78, 5) is 16.7.